The highest BCUT2D eigenvalue weighted by atomic mass is 16.2. The summed E-state index contributed by atoms with van der Waals surface area (Å²) in [7, 11) is 5.81. The minimum atomic E-state index is -0.108. The Balaban J connectivity index is 3.31. The van der Waals surface area contributed by atoms with Crippen molar-refractivity contribution in [1.29, 1.82) is 0 Å². The molecule has 0 N–H and O–H groups in total. The Bertz CT molecular complexity index is 123. The smallest absolute Gasteiger partial charge is 0.222 e. The molecule has 0 heterocycles. The summed E-state index contributed by atoms with van der Waals surface area (Å²) in [4.78, 5) is 14.3. The molecule has 0 aromatic heterocycles. The van der Waals surface area contributed by atoms with Crippen molar-refractivity contribution in [3.8, 4) is 0 Å². The molecule has 0 spiro atoms. The van der Waals surface area contributed by atoms with Crippen molar-refractivity contribution in [2.75, 3.05) is 34.2 Å². The number of rotatable bonds is 4. The highest BCUT2D eigenvalue weighted by Crippen LogP contribution is 1.88. The van der Waals surface area contributed by atoms with E-state index in [0.717, 1.165) is 19.5 Å². The first kappa shape index (κ1) is 10.4. The van der Waals surface area contributed by atoms with Crippen molar-refractivity contribution in [3.05, 3.63) is 6.92 Å². The lowest BCUT2D eigenvalue weighted by Crippen LogP contribution is -2.27. The van der Waals surface area contributed by atoms with Crippen LogP contribution < -0.4 is 0 Å². The molecule has 3 nitrogen and oxygen atoms in total. The molecule has 65 valence electrons. The maximum absolute atomic E-state index is 10.6. The van der Waals surface area contributed by atoms with Gasteiger partial charge in [-0.05, 0) is 27.1 Å². The largest absolute Gasteiger partial charge is 0.346 e. The Morgan fingerprint density at radius 1 is 1.27 bits per heavy atom. The van der Waals surface area contributed by atoms with Gasteiger partial charge in [0.15, 0.2) is 0 Å². The van der Waals surface area contributed by atoms with Gasteiger partial charge in [-0.3, -0.25) is 4.79 Å². The zero-order chi connectivity index (χ0) is 8.85. The van der Waals surface area contributed by atoms with Crippen LogP contribution in [0.15, 0.2) is 0 Å². The van der Waals surface area contributed by atoms with Gasteiger partial charge in [0.25, 0.3) is 0 Å². The molecule has 1 radical (unpaired) electrons. The summed E-state index contributed by atoms with van der Waals surface area (Å²) in [5, 5.41) is 0. The standard InChI is InChI=1S/C8H17N2O/c1-8(11)10(4)7-5-6-9(2)3/h1,5-7H2,2-4H3. The van der Waals surface area contributed by atoms with Crippen LogP contribution in [0.25, 0.3) is 0 Å². The molecule has 11 heavy (non-hydrogen) atoms. The maximum Gasteiger partial charge on any atom is 0.222 e. The van der Waals surface area contributed by atoms with Crippen molar-refractivity contribution >= 4 is 5.91 Å². The Hall–Kier alpha value is -0.570. The van der Waals surface area contributed by atoms with Gasteiger partial charge in [0, 0.05) is 20.5 Å². The van der Waals surface area contributed by atoms with Gasteiger partial charge in [0.2, 0.25) is 5.91 Å². The third-order valence-corrected chi connectivity index (χ3v) is 1.52. The van der Waals surface area contributed by atoms with E-state index in [1.807, 2.05) is 14.1 Å². The molecule has 0 unspecified atom stereocenters. The molecule has 0 saturated carbocycles. The van der Waals surface area contributed by atoms with Gasteiger partial charge < -0.3 is 9.80 Å². The number of hydrogen-bond donors (Lipinski definition) is 0. The lowest BCUT2D eigenvalue weighted by Gasteiger charge is -2.16. The van der Waals surface area contributed by atoms with Crippen LogP contribution in [0.1, 0.15) is 6.42 Å². The van der Waals surface area contributed by atoms with Crippen LogP contribution in [-0.4, -0.2) is 49.9 Å². The molecule has 0 aliphatic rings. The van der Waals surface area contributed by atoms with Crippen LogP contribution in [0.3, 0.4) is 0 Å². The molecule has 0 saturated heterocycles. The van der Waals surface area contributed by atoms with Gasteiger partial charge in [-0.25, -0.2) is 0 Å². The van der Waals surface area contributed by atoms with E-state index in [9.17, 15) is 4.79 Å². The number of hydrogen-bond acceptors (Lipinski definition) is 2. The van der Waals surface area contributed by atoms with Gasteiger partial charge in [0.05, 0.1) is 0 Å². The van der Waals surface area contributed by atoms with Crippen molar-refractivity contribution in [1.82, 2.24) is 9.80 Å². The highest BCUT2D eigenvalue weighted by Gasteiger charge is 2.00. The van der Waals surface area contributed by atoms with Crippen LogP contribution in [0.5, 0.6) is 0 Å². The van der Waals surface area contributed by atoms with Gasteiger partial charge in [-0.15, -0.1) is 0 Å². The van der Waals surface area contributed by atoms with Crippen LogP contribution in [0.4, 0.5) is 0 Å². The number of amides is 1. The fourth-order valence-corrected chi connectivity index (χ4v) is 0.749. The van der Waals surface area contributed by atoms with Crippen molar-refractivity contribution < 1.29 is 4.79 Å². The maximum atomic E-state index is 10.6. The summed E-state index contributed by atoms with van der Waals surface area (Å²) in [6, 6.07) is 0. The van der Waals surface area contributed by atoms with Crippen molar-refractivity contribution in [2.24, 2.45) is 0 Å². The van der Waals surface area contributed by atoms with Crippen LogP contribution in [0.2, 0.25) is 0 Å². The predicted molar refractivity (Wildman–Crippen MR) is 46.2 cm³/mol. The van der Waals surface area contributed by atoms with Gasteiger partial charge in [-0.2, -0.15) is 0 Å². The summed E-state index contributed by atoms with van der Waals surface area (Å²) in [6.07, 6.45) is 1.00. The topological polar surface area (TPSA) is 23.6 Å². The average molecular weight is 157 g/mol. The van der Waals surface area contributed by atoms with E-state index in [1.165, 1.54) is 0 Å². The molecule has 0 atom stereocenters. The summed E-state index contributed by atoms with van der Waals surface area (Å²) in [5.41, 5.74) is 0. The predicted octanol–water partition coefficient (Wildman–Crippen LogP) is 0.231. The lowest BCUT2D eigenvalue weighted by molar-refractivity contribution is -0.125. The molecule has 0 aliphatic heterocycles. The average Bonchev–Trinajstić information content (AvgIpc) is 1.86. The first-order valence-electron chi connectivity index (χ1n) is 3.76. The van der Waals surface area contributed by atoms with E-state index < -0.39 is 0 Å². The van der Waals surface area contributed by atoms with E-state index in [1.54, 1.807) is 11.9 Å². The molecule has 0 aromatic rings. The second-order valence-corrected chi connectivity index (χ2v) is 2.97. The number of carbonyl (C=O) groups excluding carboxylic acids is 1. The Labute approximate surface area is 69.0 Å². The van der Waals surface area contributed by atoms with Crippen molar-refractivity contribution in [2.45, 2.75) is 6.42 Å². The summed E-state index contributed by atoms with van der Waals surface area (Å²) in [5.74, 6) is -0.108. The Morgan fingerprint density at radius 3 is 2.18 bits per heavy atom. The first-order chi connectivity index (χ1) is 5.04. The van der Waals surface area contributed by atoms with E-state index in [4.69, 9.17) is 0 Å². The quantitative estimate of drug-likeness (QED) is 0.583. The third-order valence-electron chi connectivity index (χ3n) is 1.52. The molecule has 0 fully saturated rings. The van der Waals surface area contributed by atoms with Gasteiger partial charge in [0.1, 0.15) is 0 Å². The third kappa shape index (κ3) is 5.85. The van der Waals surface area contributed by atoms with Gasteiger partial charge in [-0.1, -0.05) is 0 Å². The lowest BCUT2D eigenvalue weighted by atomic mass is 10.4. The highest BCUT2D eigenvalue weighted by molar-refractivity contribution is 5.79. The fraction of sp³-hybridized carbons (Fsp3) is 0.750. The molecule has 3 heteroatoms. The minimum Gasteiger partial charge on any atom is -0.346 e. The SMILES string of the molecule is [CH2]C(=O)N(C)CCCN(C)C. The van der Waals surface area contributed by atoms with E-state index in [-0.39, 0.29) is 5.91 Å². The number of carbonyl (C=O) groups is 1. The fourth-order valence-electron chi connectivity index (χ4n) is 0.749. The molecule has 0 aromatic carbocycles. The number of nitrogens with zero attached hydrogens (tertiary/aromatic N) is 2. The molecular formula is C8H17N2O. The summed E-state index contributed by atoms with van der Waals surface area (Å²) >= 11 is 0. The van der Waals surface area contributed by atoms with Gasteiger partial charge >= 0.3 is 0 Å². The molecule has 0 bridgehead atoms. The molecule has 0 aliphatic carbocycles. The van der Waals surface area contributed by atoms with Crippen LogP contribution >= 0.6 is 0 Å². The van der Waals surface area contributed by atoms with E-state index in [2.05, 4.69) is 11.8 Å². The zero-order valence-corrected chi connectivity index (χ0v) is 7.63. The monoisotopic (exact) mass is 157 g/mol. The zero-order valence-electron chi connectivity index (χ0n) is 7.63. The first-order valence-corrected chi connectivity index (χ1v) is 3.76. The summed E-state index contributed by atoms with van der Waals surface area (Å²) in [6.45, 7) is 5.11. The second-order valence-electron chi connectivity index (χ2n) is 2.97. The molecular weight excluding hydrogens is 140 g/mol. The normalized spacial score (nSPS) is 10.3. The molecule has 0 rings (SSSR count). The van der Waals surface area contributed by atoms with Crippen LogP contribution in [0, 0.1) is 6.92 Å². The minimum absolute atomic E-state index is 0.108. The molecule has 1 amide bonds. The van der Waals surface area contributed by atoms with Crippen molar-refractivity contribution in [3.63, 3.8) is 0 Å². The Kier molecular flexibility index (Phi) is 4.86. The van der Waals surface area contributed by atoms with E-state index >= 15 is 0 Å². The summed E-state index contributed by atoms with van der Waals surface area (Å²) < 4.78 is 0. The Morgan fingerprint density at radius 2 is 1.82 bits per heavy atom. The van der Waals surface area contributed by atoms with Crippen LogP contribution in [-0.2, 0) is 4.79 Å². The van der Waals surface area contributed by atoms with E-state index in [0.29, 0.717) is 0 Å². The second kappa shape index (κ2) is 5.13.